The Balaban J connectivity index is 2.61. The van der Waals surface area contributed by atoms with E-state index >= 15 is 0 Å². The number of Topliss-reactive ketones (excluding diaryl/α,β-unsaturated/α-hetero) is 1. The van der Waals surface area contributed by atoms with Gasteiger partial charge >= 0.3 is 0 Å². The second-order valence-corrected chi connectivity index (χ2v) is 3.23. The number of hydrogen-bond acceptors (Lipinski definition) is 3. The molecule has 15 heavy (non-hydrogen) atoms. The van der Waals surface area contributed by atoms with Crippen molar-refractivity contribution in [3.8, 4) is 5.75 Å². The van der Waals surface area contributed by atoms with E-state index in [2.05, 4.69) is 5.10 Å². The summed E-state index contributed by atoms with van der Waals surface area (Å²) in [7, 11) is 1.60. The molecule has 0 fully saturated rings. The summed E-state index contributed by atoms with van der Waals surface area (Å²) in [5, 5.41) is 4.10. The topological polar surface area (TPSA) is 43.6 Å². The highest BCUT2D eigenvalue weighted by Gasteiger charge is 2.10. The Hall–Kier alpha value is -1.84. The Labute approximate surface area is 87.5 Å². The van der Waals surface area contributed by atoms with Crippen LogP contribution in [0.4, 0.5) is 0 Å². The first-order valence-corrected chi connectivity index (χ1v) is 4.81. The van der Waals surface area contributed by atoms with Gasteiger partial charge in [0.1, 0.15) is 5.75 Å². The van der Waals surface area contributed by atoms with Crippen LogP contribution < -0.4 is 4.74 Å². The van der Waals surface area contributed by atoms with Crippen molar-refractivity contribution in [2.24, 2.45) is 0 Å². The number of nitrogens with zero attached hydrogens (tertiary/aromatic N) is 2. The van der Waals surface area contributed by atoms with Crippen LogP contribution in [-0.2, 0) is 0 Å². The molecule has 0 N–H and O–H groups in total. The predicted octanol–water partition coefficient (Wildman–Crippen LogP) is 1.94. The van der Waals surface area contributed by atoms with Gasteiger partial charge in [0, 0.05) is 18.7 Å². The van der Waals surface area contributed by atoms with E-state index in [1.165, 1.54) is 0 Å². The van der Waals surface area contributed by atoms with Crippen LogP contribution in [-0.4, -0.2) is 22.5 Å². The fourth-order valence-corrected chi connectivity index (χ4v) is 1.49. The Kier molecular flexibility index (Phi) is 2.41. The molecule has 0 aromatic carbocycles. The standard InChI is InChI=1S/C11H12N2O2/c1-3-11(14)9-7-12-13-5-4-8(15-2)6-10(9)13/h4-7H,3H2,1-2H3. The first kappa shape index (κ1) is 9.71. The molecule has 0 unspecified atom stereocenters. The summed E-state index contributed by atoms with van der Waals surface area (Å²) in [4.78, 5) is 11.6. The van der Waals surface area contributed by atoms with Crippen molar-refractivity contribution < 1.29 is 9.53 Å². The Bertz CT molecular complexity index is 502. The zero-order valence-electron chi connectivity index (χ0n) is 8.73. The molecule has 4 nitrogen and oxygen atoms in total. The number of ketones is 1. The molecule has 0 aliphatic rings. The third-order valence-electron chi connectivity index (χ3n) is 2.35. The minimum absolute atomic E-state index is 0.0956. The molecule has 0 saturated carbocycles. The summed E-state index contributed by atoms with van der Waals surface area (Å²) in [6.07, 6.45) is 3.86. The zero-order valence-corrected chi connectivity index (χ0v) is 8.73. The zero-order chi connectivity index (χ0) is 10.8. The minimum atomic E-state index is 0.0956. The smallest absolute Gasteiger partial charge is 0.166 e. The SMILES string of the molecule is CCC(=O)c1cnn2ccc(OC)cc12. The van der Waals surface area contributed by atoms with Crippen molar-refractivity contribution in [3.63, 3.8) is 0 Å². The van der Waals surface area contributed by atoms with Crippen LogP contribution in [0.15, 0.2) is 24.5 Å². The third kappa shape index (κ3) is 1.58. The van der Waals surface area contributed by atoms with Gasteiger partial charge in [0.15, 0.2) is 5.78 Å². The van der Waals surface area contributed by atoms with E-state index in [9.17, 15) is 4.79 Å². The summed E-state index contributed by atoms with van der Waals surface area (Å²) < 4.78 is 6.78. The number of carbonyl (C=O) groups excluding carboxylic acids is 1. The third-order valence-corrected chi connectivity index (χ3v) is 2.35. The van der Waals surface area contributed by atoms with E-state index < -0.39 is 0 Å². The summed E-state index contributed by atoms with van der Waals surface area (Å²) in [6.45, 7) is 1.84. The van der Waals surface area contributed by atoms with Crippen molar-refractivity contribution in [1.82, 2.24) is 9.61 Å². The van der Waals surface area contributed by atoms with Crippen molar-refractivity contribution >= 4 is 11.3 Å². The van der Waals surface area contributed by atoms with Gasteiger partial charge in [-0.15, -0.1) is 0 Å². The molecule has 0 aliphatic carbocycles. The maximum absolute atomic E-state index is 11.6. The van der Waals surface area contributed by atoms with Crippen molar-refractivity contribution in [2.45, 2.75) is 13.3 Å². The molecule has 0 atom stereocenters. The van der Waals surface area contributed by atoms with Gasteiger partial charge in [-0.05, 0) is 6.07 Å². The number of aromatic nitrogens is 2. The number of carbonyl (C=O) groups is 1. The molecule has 0 saturated heterocycles. The van der Waals surface area contributed by atoms with E-state index in [1.807, 2.05) is 13.0 Å². The minimum Gasteiger partial charge on any atom is -0.497 e. The van der Waals surface area contributed by atoms with Crippen LogP contribution in [0, 0.1) is 0 Å². The van der Waals surface area contributed by atoms with Crippen molar-refractivity contribution in [3.05, 3.63) is 30.1 Å². The fourth-order valence-electron chi connectivity index (χ4n) is 1.49. The molecule has 0 bridgehead atoms. The first-order chi connectivity index (χ1) is 7.26. The van der Waals surface area contributed by atoms with Gasteiger partial charge in [0.2, 0.25) is 0 Å². The normalized spacial score (nSPS) is 10.5. The number of pyridine rings is 1. The van der Waals surface area contributed by atoms with Crippen LogP contribution in [0.5, 0.6) is 5.75 Å². The summed E-state index contributed by atoms with van der Waals surface area (Å²) in [6, 6.07) is 3.62. The van der Waals surface area contributed by atoms with Crippen molar-refractivity contribution in [1.29, 1.82) is 0 Å². The monoisotopic (exact) mass is 204 g/mol. The largest absolute Gasteiger partial charge is 0.497 e. The number of fused-ring (bicyclic) bond motifs is 1. The van der Waals surface area contributed by atoms with Crippen LogP contribution in [0.25, 0.3) is 5.52 Å². The maximum Gasteiger partial charge on any atom is 0.166 e. The van der Waals surface area contributed by atoms with Gasteiger partial charge in [-0.3, -0.25) is 4.79 Å². The maximum atomic E-state index is 11.6. The van der Waals surface area contributed by atoms with E-state index in [4.69, 9.17) is 4.74 Å². The number of hydrogen-bond donors (Lipinski definition) is 0. The average molecular weight is 204 g/mol. The van der Waals surface area contributed by atoms with Gasteiger partial charge < -0.3 is 4.74 Å². The van der Waals surface area contributed by atoms with Crippen LogP contribution in [0.3, 0.4) is 0 Å². The molecule has 2 rings (SSSR count). The highest BCUT2D eigenvalue weighted by Crippen LogP contribution is 2.18. The van der Waals surface area contributed by atoms with Crippen molar-refractivity contribution in [2.75, 3.05) is 7.11 Å². The molecule has 4 heteroatoms. The number of methoxy groups -OCH3 is 1. The van der Waals surface area contributed by atoms with E-state index in [-0.39, 0.29) is 5.78 Å². The van der Waals surface area contributed by atoms with Crippen LogP contribution in [0.1, 0.15) is 23.7 Å². The lowest BCUT2D eigenvalue weighted by molar-refractivity contribution is 0.0989. The molecule has 0 amide bonds. The molecule has 2 aromatic heterocycles. The van der Waals surface area contributed by atoms with Crippen LogP contribution >= 0.6 is 0 Å². The van der Waals surface area contributed by atoms with E-state index in [1.54, 1.807) is 30.1 Å². The molecule has 0 aliphatic heterocycles. The summed E-state index contributed by atoms with van der Waals surface area (Å²) >= 11 is 0. The van der Waals surface area contributed by atoms with Gasteiger partial charge in [-0.25, -0.2) is 4.52 Å². The highest BCUT2D eigenvalue weighted by molar-refractivity contribution is 6.02. The fraction of sp³-hybridized carbons (Fsp3) is 0.273. The Morgan fingerprint density at radius 1 is 1.60 bits per heavy atom. The van der Waals surface area contributed by atoms with Crippen LogP contribution in [0.2, 0.25) is 0 Å². The van der Waals surface area contributed by atoms with Gasteiger partial charge in [0.05, 0.1) is 24.4 Å². The Morgan fingerprint density at radius 3 is 3.07 bits per heavy atom. The first-order valence-electron chi connectivity index (χ1n) is 4.81. The molecule has 2 heterocycles. The van der Waals surface area contributed by atoms with Gasteiger partial charge in [-0.2, -0.15) is 5.10 Å². The molecule has 2 aromatic rings. The second kappa shape index (κ2) is 3.73. The number of rotatable bonds is 3. The van der Waals surface area contributed by atoms with E-state index in [0.29, 0.717) is 12.0 Å². The number of ether oxygens (including phenoxy) is 1. The lowest BCUT2D eigenvalue weighted by Gasteiger charge is -2.00. The highest BCUT2D eigenvalue weighted by atomic mass is 16.5. The van der Waals surface area contributed by atoms with Gasteiger partial charge in [0.25, 0.3) is 0 Å². The lowest BCUT2D eigenvalue weighted by Crippen LogP contribution is -1.96. The molecular weight excluding hydrogens is 192 g/mol. The summed E-state index contributed by atoms with van der Waals surface area (Å²) in [5.74, 6) is 0.825. The second-order valence-electron chi connectivity index (χ2n) is 3.23. The average Bonchev–Trinajstić information content (AvgIpc) is 2.70. The molecular formula is C11H12N2O2. The summed E-state index contributed by atoms with van der Waals surface area (Å²) in [5.41, 5.74) is 1.44. The molecule has 0 radical (unpaired) electrons. The predicted molar refractivity (Wildman–Crippen MR) is 56.4 cm³/mol. The quantitative estimate of drug-likeness (QED) is 0.717. The van der Waals surface area contributed by atoms with Gasteiger partial charge in [-0.1, -0.05) is 6.92 Å². The molecule has 0 spiro atoms. The lowest BCUT2D eigenvalue weighted by atomic mass is 10.1. The molecule has 78 valence electrons. The Morgan fingerprint density at radius 2 is 2.40 bits per heavy atom. The van der Waals surface area contributed by atoms with E-state index in [0.717, 1.165) is 11.3 Å².